The number of benzene rings is 1. The summed E-state index contributed by atoms with van der Waals surface area (Å²) in [5.74, 6) is 2.78. The normalized spacial score (nSPS) is 16.3. The molecule has 24 nitrogen and oxygen atoms in total. The second kappa shape index (κ2) is 27.3. The highest BCUT2D eigenvalue weighted by Crippen LogP contribution is 2.27. The van der Waals surface area contributed by atoms with Gasteiger partial charge in [-0.2, -0.15) is 15.0 Å². The molecule has 7 N–H and O–H groups in total. The van der Waals surface area contributed by atoms with Crippen LogP contribution in [0.25, 0.3) is 0 Å². The Morgan fingerprint density at radius 1 is 0.764 bits per heavy atom. The number of aromatic nitrogens is 9. The number of nitrogens with two attached hydrogens (primary N) is 2. The highest BCUT2D eigenvalue weighted by Gasteiger charge is 2.34. The van der Waals surface area contributed by atoms with Gasteiger partial charge in [-0.15, -0.1) is 16.6 Å². The fraction of sp³-hybridized carbons (Fsp3) is 0.625. The second-order valence-corrected chi connectivity index (χ2v) is 18.5. The van der Waals surface area contributed by atoms with Crippen LogP contribution in [0.1, 0.15) is 94.5 Å². The molecule has 0 bridgehead atoms. The van der Waals surface area contributed by atoms with E-state index in [1.165, 1.54) is 4.68 Å². The van der Waals surface area contributed by atoms with Crippen LogP contribution >= 0.6 is 0 Å². The molecule has 5 heterocycles. The minimum atomic E-state index is -1.02. The first-order valence-electron chi connectivity index (χ1n) is 24.8. The number of nitrogens with zero attached hydrogens (tertiary/aromatic N) is 13. The van der Waals surface area contributed by atoms with Crippen molar-refractivity contribution in [3.63, 3.8) is 0 Å². The van der Waals surface area contributed by atoms with Gasteiger partial charge in [0.25, 0.3) is 0 Å². The Kier molecular flexibility index (Phi) is 20.8. The molecule has 6 rings (SSSR count). The monoisotopic (exact) mass is 1000 g/mol. The van der Waals surface area contributed by atoms with Gasteiger partial charge < -0.3 is 60.8 Å². The summed E-state index contributed by atoms with van der Waals surface area (Å²) in [6.45, 7) is 13.8. The number of carbonyl (C=O) groups is 3. The van der Waals surface area contributed by atoms with Gasteiger partial charge >= 0.3 is 5.97 Å². The third kappa shape index (κ3) is 15.7. The topological polar surface area (TPSA) is 296 Å². The lowest BCUT2D eigenvalue weighted by molar-refractivity contribution is -0.139. The van der Waals surface area contributed by atoms with Crippen LogP contribution < -0.4 is 26.6 Å². The van der Waals surface area contributed by atoms with Crippen LogP contribution in [0, 0.1) is 24.2 Å². The van der Waals surface area contributed by atoms with Crippen molar-refractivity contribution in [1.82, 2.24) is 54.7 Å². The summed E-state index contributed by atoms with van der Waals surface area (Å²) < 4.78 is 19.6. The van der Waals surface area contributed by atoms with Crippen molar-refractivity contribution in [2.24, 2.45) is 23.3 Å². The van der Waals surface area contributed by atoms with Crippen molar-refractivity contribution in [3.05, 3.63) is 53.6 Å². The number of anilines is 3. The zero-order valence-electron chi connectivity index (χ0n) is 42.0. The number of carbonyl (C=O) groups excluding carboxylic acids is 2. The van der Waals surface area contributed by atoms with E-state index in [2.05, 4.69) is 59.6 Å². The predicted octanol–water partition coefficient (Wildman–Crippen LogP) is 1.83. The Balaban J connectivity index is 1.14. The fourth-order valence-corrected chi connectivity index (χ4v) is 8.36. The number of carboxylic acid groups (broad SMARTS) is 1. The largest absolute Gasteiger partial charge is 0.508 e. The molecule has 2 unspecified atom stereocenters. The van der Waals surface area contributed by atoms with E-state index >= 15 is 0 Å². The van der Waals surface area contributed by atoms with E-state index in [1.54, 1.807) is 46.2 Å². The number of nitrogens with one attached hydrogen (secondary N) is 1. The van der Waals surface area contributed by atoms with E-state index in [0.717, 1.165) is 12.0 Å². The zero-order valence-corrected chi connectivity index (χ0v) is 42.0. The Morgan fingerprint density at radius 2 is 1.31 bits per heavy atom. The van der Waals surface area contributed by atoms with Gasteiger partial charge in [0.2, 0.25) is 29.7 Å². The van der Waals surface area contributed by atoms with E-state index in [0.29, 0.717) is 140 Å². The van der Waals surface area contributed by atoms with Crippen molar-refractivity contribution in [1.29, 1.82) is 0 Å². The quantitative estimate of drug-likeness (QED) is 0.0401. The molecule has 2 aliphatic rings. The first-order chi connectivity index (χ1) is 34.7. The van der Waals surface area contributed by atoms with Gasteiger partial charge in [-0.05, 0) is 42.4 Å². The fourth-order valence-electron chi connectivity index (χ4n) is 8.36. The van der Waals surface area contributed by atoms with E-state index in [1.807, 2.05) is 14.7 Å². The minimum absolute atomic E-state index is 0.0354. The number of terminal acetylenes is 1. The van der Waals surface area contributed by atoms with Crippen LogP contribution in [0.3, 0.4) is 0 Å². The molecule has 4 aromatic rings. The number of hydrogen-bond acceptors (Lipinski definition) is 19. The molecule has 2 saturated heterocycles. The maximum absolute atomic E-state index is 14.5. The minimum Gasteiger partial charge on any atom is -0.508 e. The summed E-state index contributed by atoms with van der Waals surface area (Å²) >= 11 is 0. The van der Waals surface area contributed by atoms with Gasteiger partial charge in [0.05, 0.1) is 68.9 Å². The highest BCUT2D eigenvalue weighted by atomic mass is 16.5. The van der Waals surface area contributed by atoms with Crippen LogP contribution in [0.15, 0.2) is 36.7 Å². The van der Waals surface area contributed by atoms with Crippen LogP contribution in [0.2, 0.25) is 0 Å². The van der Waals surface area contributed by atoms with Crippen LogP contribution in [-0.4, -0.2) is 181 Å². The number of aromatic hydroxyl groups is 1. The number of phenols is 1. The van der Waals surface area contributed by atoms with Gasteiger partial charge in [-0.1, -0.05) is 62.6 Å². The lowest BCUT2D eigenvalue weighted by Gasteiger charge is -2.38. The van der Waals surface area contributed by atoms with E-state index in [4.69, 9.17) is 47.1 Å². The molecule has 0 spiro atoms. The van der Waals surface area contributed by atoms with Gasteiger partial charge in [0, 0.05) is 71.7 Å². The zero-order chi connectivity index (χ0) is 51.6. The summed E-state index contributed by atoms with van der Waals surface area (Å²) in [6.07, 6.45) is 10.3. The summed E-state index contributed by atoms with van der Waals surface area (Å²) in [5.41, 5.74) is 14.9. The Morgan fingerprint density at radius 3 is 1.88 bits per heavy atom. The molecule has 72 heavy (non-hydrogen) atoms. The van der Waals surface area contributed by atoms with Gasteiger partial charge in [0.15, 0.2) is 0 Å². The number of amides is 2. The van der Waals surface area contributed by atoms with Gasteiger partial charge in [-0.3, -0.25) is 14.4 Å². The molecule has 392 valence electrons. The number of rotatable bonds is 28. The highest BCUT2D eigenvalue weighted by molar-refractivity contribution is 5.82. The molecule has 2 amide bonds. The summed E-state index contributed by atoms with van der Waals surface area (Å²) in [5, 5.41) is 40.0. The number of carboxylic acids is 1. The molecule has 1 aromatic carbocycles. The maximum atomic E-state index is 14.5. The van der Waals surface area contributed by atoms with Crippen molar-refractivity contribution in [3.8, 4) is 18.1 Å². The van der Waals surface area contributed by atoms with E-state index < -0.39 is 18.1 Å². The Hall–Kier alpha value is -6.52. The first-order valence-corrected chi connectivity index (χ1v) is 24.8. The number of hydrogen-bond donors (Lipinski definition) is 5. The number of ether oxygens (including phenoxy) is 3. The predicted molar refractivity (Wildman–Crippen MR) is 267 cm³/mol. The molecule has 2 fully saturated rings. The van der Waals surface area contributed by atoms with Crippen LogP contribution in [0.5, 0.6) is 5.75 Å². The number of phenolic OH excluding ortho intramolecular Hbond substituents is 1. The lowest BCUT2D eigenvalue weighted by Crippen LogP contribution is -2.52. The first kappa shape index (κ1) is 54.8. The Bertz CT molecular complexity index is 2360. The molecule has 0 aliphatic carbocycles. The number of piperazine rings is 2. The molecular formula is C48H72N16O8. The van der Waals surface area contributed by atoms with E-state index in [-0.39, 0.29) is 55.0 Å². The molecular weight excluding hydrogens is 929 g/mol. The van der Waals surface area contributed by atoms with Gasteiger partial charge in [-0.25, -0.2) is 9.36 Å². The summed E-state index contributed by atoms with van der Waals surface area (Å²) in [6, 6.07) is 4.47. The third-order valence-electron chi connectivity index (χ3n) is 12.8. The van der Waals surface area contributed by atoms with Crippen molar-refractivity contribution >= 4 is 35.6 Å². The van der Waals surface area contributed by atoms with Crippen molar-refractivity contribution in [2.75, 3.05) is 114 Å². The molecule has 2 aliphatic heterocycles. The van der Waals surface area contributed by atoms with Crippen molar-refractivity contribution < 1.29 is 38.8 Å². The molecule has 5 atom stereocenters. The van der Waals surface area contributed by atoms with E-state index in [9.17, 15) is 24.6 Å². The average Bonchev–Trinajstić information content (AvgIpc) is 4.09. The SMILES string of the molecule is C#CCOCCOCCOCCNc1nc(N2CCN(C(=O)[C@H](CCC(=O)O)n3cc(C(N)CC(C)C)nn3)CC2)nc(N2CCN(C(=O)[C@H](Cc3ccc(O)cc3)n3cc(C(N)[C@H](C)CC)nn3)CC2)n1. The molecule has 24 heteroatoms. The molecule has 3 aromatic heterocycles. The smallest absolute Gasteiger partial charge is 0.303 e. The average molecular weight is 1000 g/mol. The molecule has 0 saturated carbocycles. The third-order valence-corrected chi connectivity index (χ3v) is 12.8. The standard InChI is InChI=1S/C48H72N16O8/c1-6-23-70-25-27-72-28-26-71-24-14-51-46-52-47(61-19-15-59(16-20-61)44(68)40(12-13-42(66)67)63-31-38(55-57-63)37(49)29-33(3)4)54-48(53-46)62-21-17-60(18-22-62)45(69)41(30-35-8-10-36(65)11-9-35)64-32-39(56-58-64)43(50)34(5)7-2/h1,8-11,31-34,37,40-41,43,65H,7,12-30,49-50H2,2-5H3,(H,66,67)(H,51,52,53,54)/t34-,37?,40+,41+,43?/m1/s1. The maximum Gasteiger partial charge on any atom is 0.303 e. The molecule has 0 radical (unpaired) electrons. The van der Waals surface area contributed by atoms with Crippen molar-refractivity contribution in [2.45, 2.75) is 84.0 Å². The lowest BCUT2D eigenvalue weighted by atomic mass is 9.98. The van der Waals surface area contributed by atoms with Gasteiger partial charge in [0.1, 0.15) is 24.4 Å². The summed E-state index contributed by atoms with van der Waals surface area (Å²) in [7, 11) is 0. The van der Waals surface area contributed by atoms with Crippen LogP contribution in [-0.2, 0) is 35.0 Å². The number of aliphatic carboxylic acids is 1. The summed E-state index contributed by atoms with van der Waals surface area (Å²) in [4.78, 5) is 62.4. The van der Waals surface area contributed by atoms with Crippen LogP contribution in [0.4, 0.5) is 17.8 Å². The Labute approximate surface area is 420 Å². The second-order valence-electron chi connectivity index (χ2n) is 18.5.